The molecule has 0 unspecified atom stereocenters. The lowest BCUT2D eigenvalue weighted by Gasteiger charge is -2.33. The molecule has 2 fully saturated rings. The van der Waals surface area contributed by atoms with E-state index in [0.717, 1.165) is 4.90 Å². The number of aliphatic hydroxyl groups is 1. The van der Waals surface area contributed by atoms with Crippen LogP contribution in [0, 0.1) is 17.8 Å². The van der Waals surface area contributed by atoms with Crippen LogP contribution in [0.2, 0.25) is 0 Å². The molecule has 35 nitrogen and oxygen atoms in total. The second-order valence-corrected chi connectivity index (χ2v) is 25.3. The van der Waals surface area contributed by atoms with Gasteiger partial charge in [0.15, 0.2) is 5.96 Å². The fourth-order valence-corrected chi connectivity index (χ4v) is 11.1. The Bertz CT molecular complexity index is 2860. The first-order chi connectivity index (χ1) is 44.7. The van der Waals surface area contributed by atoms with E-state index < -0.39 is 187 Å². The molecule has 0 radical (unpaired) electrons. The third-order valence-corrected chi connectivity index (χ3v) is 16.9. The molecule has 532 valence electrons. The summed E-state index contributed by atoms with van der Waals surface area (Å²) >= 11 is 1.47. The van der Waals surface area contributed by atoms with E-state index in [1.807, 2.05) is 6.26 Å². The largest absolute Gasteiger partial charge is 0.480 e. The normalized spacial score (nSPS) is 18.2. The maximum atomic E-state index is 14.8. The average Bonchev–Trinajstić information content (AvgIpc) is 1.75. The quantitative estimate of drug-likeness (QED) is 0.0165. The molecular weight excluding hydrogens is 1260 g/mol. The number of nitrogens with one attached hydrogen (secondary N) is 10. The van der Waals surface area contributed by atoms with Gasteiger partial charge < -0.3 is 102 Å². The molecule has 36 heteroatoms. The number of hydrogen-bond donors (Lipinski definition) is 17. The molecule has 1 aromatic rings. The number of aliphatic carboxylic acids is 1. The zero-order valence-electron chi connectivity index (χ0n) is 55.2. The van der Waals surface area contributed by atoms with E-state index in [1.54, 1.807) is 41.5 Å². The Hall–Kier alpha value is -8.67. The van der Waals surface area contributed by atoms with Crippen molar-refractivity contribution in [1.82, 2.24) is 67.6 Å². The monoisotopic (exact) mass is 1360 g/mol. The van der Waals surface area contributed by atoms with E-state index in [2.05, 4.69) is 62.8 Å². The van der Waals surface area contributed by atoms with Gasteiger partial charge in [0.25, 0.3) is 0 Å². The van der Waals surface area contributed by atoms with Crippen LogP contribution in [0.3, 0.4) is 0 Å². The van der Waals surface area contributed by atoms with Gasteiger partial charge in [0, 0.05) is 37.9 Å². The molecule has 2 aliphatic rings. The molecule has 2 aliphatic heterocycles. The predicted octanol–water partition coefficient (Wildman–Crippen LogP) is -5.58. The molecule has 0 bridgehead atoms. The molecule has 0 aliphatic carbocycles. The van der Waals surface area contributed by atoms with Crippen molar-refractivity contribution in [1.29, 1.82) is 0 Å². The molecule has 2 saturated heterocycles. The van der Waals surface area contributed by atoms with Gasteiger partial charge in [-0.05, 0) is 88.1 Å². The molecule has 13 amide bonds. The van der Waals surface area contributed by atoms with Crippen molar-refractivity contribution in [2.75, 3.05) is 38.2 Å². The number of carboxylic acid groups (broad SMARTS) is 1. The van der Waals surface area contributed by atoms with Gasteiger partial charge in [-0.25, -0.2) is 9.78 Å². The number of amides is 13. The highest BCUT2D eigenvalue weighted by Crippen LogP contribution is 2.24. The Morgan fingerprint density at radius 1 is 0.642 bits per heavy atom. The van der Waals surface area contributed by atoms with Crippen molar-refractivity contribution < 1.29 is 77.3 Å². The molecule has 95 heavy (non-hydrogen) atoms. The summed E-state index contributed by atoms with van der Waals surface area (Å²) in [5.41, 5.74) is 28.5. The summed E-state index contributed by atoms with van der Waals surface area (Å²) < 4.78 is 0. The standard InChI is InChI=1S/C59H99N19O16S/c1-9-30(5)45(74-51(86)37(24-42(61)80)71-50(85)36(23-33-26-65-28-68-33)69-44(82)27-67-48(83)34(60)17-21-95-8)55(90)72-38(25-43(62)81)52(87)75-46(31(6)10-2)56(91)77-19-12-15-40(77)53(88)70-35(14-11-18-66-59(63)64)49(84)76-47(32(7)79)57(92)78-20-13-16-41(78)54(89)73-39(58(93)94)22-29(3)4/h26,28-32,34-41,45-47,79H,9-25,27,60H2,1-8H3,(H2,61,80)(H2,62,81)(H,65,68)(H,67,83)(H,69,82)(H,70,88)(H,71,85)(H,72,90)(H,73,89)(H,74,86)(H,75,87)(H,76,84)(H,93,94)(H4,63,64,66)/t30-,31-,32+,34-,35-,36-,37-,38-,39-,40-,41-,45-,46-,47-/m0/s1. The third-order valence-electron chi connectivity index (χ3n) is 16.3. The number of carbonyl (C=O) groups excluding carboxylic acids is 13. The molecule has 0 aromatic carbocycles. The number of primary amides is 2. The maximum Gasteiger partial charge on any atom is 0.326 e. The highest BCUT2D eigenvalue weighted by molar-refractivity contribution is 7.98. The number of guanidine groups is 1. The summed E-state index contributed by atoms with van der Waals surface area (Å²) in [6, 6.07) is -15.7. The summed E-state index contributed by atoms with van der Waals surface area (Å²) in [4.78, 5) is 204. The first-order valence-corrected chi connectivity index (χ1v) is 33.2. The summed E-state index contributed by atoms with van der Waals surface area (Å²) in [5.74, 6) is -14.4. The maximum absolute atomic E-state index is 14.8. The average molecular weight is 1360 g/mol. The molecular formula is C59H99N19O16S. The van der Waals surface area contributed by atoms with Crippen molar-refractivity contribution in [3.05, 3.63) is 18.2 Å². The van der Waals surface area contributed by atoms with Crippen molar-refractivity contribution >= 4 is 100 Å². The van der Waals surface area contributed by atoms with Gasteiger partial charge in [0.1, 0.15) is 60.4 Å². The smallest absolute Gasteiger partial charge is 0.326 e. The number of carbonyl (C=O) groups is 14. The van der Waals surface area contributed by atoms with E-state index in [1.165, 1.54) is 36.1 Å². The Morgan fingerprint density at radius 2 is 1.14 bits per heavy atom. The van der Waals surface area contributed by atoms with E-state index in [0.29, 0.717) is 24.3 Å². The van der Waals surface area contributed by atoms with Crippen molar-refractivity contribution in [2.24, 2.45) is 51.4 Å². The van der Waals surface area contributed by atoms with Crippen LogP contribution in [0.25, 0.3) is 0 Å². The van der Waals surface area contributed by atoms with Crippen LogP contribution in [0.15, 0.2) is 17.5 Å². The zero-order chi connectivity index (χ0) is 71.4. The number of imidazole rings is 1. The number of hydrogen-bond acceptors (Lipinski definition) is 19. The van der Waals surface area contributed by atoms with Crippen LogP contribution in [0.1, 0.15) is 131 Å². The van der Waals surface area contributed by atoms with Crippen molar-refractivity contribution in [3.63, 3.8) is 0 Å². The Labute approximate surface area is 555 Å². The zero-order valence-corrected chi connectivity index (χ0v) is 56.1. The van der Waals surface area contributed by atoms with Crippen LogP contribution in [-0.2, 0) is 73.5 Å². The fraction of sp³-hybridized carbons (Fsp3) is 0.695. The first-order valence-electron chi connectivity index (χ1n) is 31.8. The molecule has 0 saturated carbocycles. The van der Waals surface area contributed by atoms with Crippen LogP contribution >= 0.6 is 11.8 Å². The van der Waals surface area contributed by atoms with Gasteiger partial charge >= 0.3 is 5.97 Å². The molecule has 14 atom stereocenters. The first kappa shape index (κ1) is 80.6. The molecule has 0 spiro atoms. The number of carboxylic acids is 1. The van der Waals surface area contributed by atoms with Crippen LogP contribution in [0.4, 0.5) is 0 Å². The number of aliphatic hydroxyl groups excluding tert-OH is 1. The second-order valence-electron chi connectivity index (χ2n) is 24.4. The minimum atomic E-state index is -1.80. The predicted molar refractivity (Wildman–Crippen MR) is 346 cm³/mol. The Balaban J connectivity index is 1.87. The lowest BCUT2D eigenvalue weighted by molar-refractivity contribution is -0.146. The lowest BCUT2D eigenvalue weighted by Crippen LogP contribution is -2.62. The number of likely N-dealkylation sites (tertiary alicyclic amines) is 2. The van der Waals surface area contributed by atoms with E-state index in [-0.39, 0.29) is 89.3 Å². The van der Waals surface area contributed by atoms with Gasteiger partial charge in [-0.1, -0.05) is 54.4 Å². The highest BCUT2D eigenvalue weighted by atomic mass is 32.2. The molecule has 3 heterocycles. The second kappa shape index (κ2) is 39.9. The van der Waals surface area contributed by atoms with Crippen molar-refractivity contribution in [2.45, 2.75) is 205 Å². The SMILES string of the molecule is CC[C@H](C)[C@H](NC(=O)[C@H](CC(N)=O)NC(=O)[C@H](Cc1cnc[nH]1)NC(=O)CNC(=O)[C@@H](N)CCSC)C(=O)N[C@@H](CC(N)=O)C(=O)N[C@H](C(=O)N1CCC[C@H]1C(=O)N[C@@H](CCCN=C(N)N)C(=O)N[C@H](C(=O)N1CCC[C@H]1C(=O)N[C@@H](CC(C)C)C(=O)O)[C@@H](C)O)[C@@H](C)CC. The number of rotatable bonds is 41. The Kier molecular flexibility index (Phi) is 33.8. The number of aliphatic imine (C=N–C) groups is 1. The van der Waals surface area contributed by atoms with Gasteiger partial charge in [0.05, 0.1) is 37.9 Å². The molecule has 3 rings (SSSR count). The van der Waals surface area contributed by atoms with Crippen LogP contribution in [0.5, 0.6) is 0 Å². The van der Waals surface area contributed by atoms with Gasteiger partial charge in [-0.15, -0.1) is 0 Å². The van der Waals surface area contributed by atoms with Gasteiger partial charge in [-0.2, -0.15) is 11.8 Å². The summed E-state index contributed by atoms with van der Waals surface area (Å²) in [7, 11) is 0. The topological polar surface area (TPSA) is 565 Å². The minimum Gasteiger partial charge on any atom is -0.480 e. The van der Waals surface area contributed by atoms with Crippen LogP contribution in [-0.4, -0.2) is 229 Å². The summed E-state index contributed by atoms with van der Waals surface area (Å²) in [5, 5.41) is 43.3. The highest BCUT2D eigenvalue weighted by Gasteiger charge is 2.44. The van der Waals surface area contributed by atoms with Crippen LogP contribution < -0.4 is 76.5 Å². The number of aromatic amines is 1. The fourth-order valence-electron chi connectivity index (χ4n) is 10.6. The Morgan fingerprint density at radius 3 is 1.62 bits per heavy atom. The number of thioether (sulfide) groups is 1. The molecule has 22 N–H and O–H groups in total. The lowest BCUT2D eigenvalue weighted by atomic mass is 9.95. The number of aromatic nitrogens is 2. The summed E-state index contributed by atoms with van der Waals surface area (Å²) in [6.07, 6.45) is 2.78. The number of H-pyrrole nitrogens is 1. The van der Waals surface area contributed by atoms with Crippen molar-refractivity contribution in [3.8, 4) is 0 Å². The number of nitrogens with two attached hydrogens (primary N) is 5. The van der Waals surface area contributed by atoms with Gasteiger partial charge in [0.2, 0.25) is 76.8 Å². The van der Waals surface area contributed by atoms with E-state index >= 15 is 0 Å². The van der Waals surface area contributed by atoms with Gasteiger partial charge in [-0.3, -0.25) is 67.3 Å². The third kappa shape index (κ3) is 26.2. The molecule has 1 aromatic heterocycles. The summed E-state index contributed by atoms with van der Waals surface area (Å²) in [6.45, 7) is 10.8. The van der Waals surface area contributed by atoms with E-state index in [4.69, 9.17) is 28.7 Å². The van der Waals surface area contributed by atoms with E-state index in [9.17, 15) is 77.3 Å². The number of nitrogens with zero attached hydrogens (tertiary/aromatic N) is 4. The minimum absolute atomic E-state index is 0.00978.